The van der Waals surface area contributed by atoms with E-state index in [1.165, 1.54) is 38.9 Å². The molecule has 2 aromatic heterocycles. The van der Waals surface area contributed by atoms with Crippen molar-refractivity contribution in [3.63, 3.8) is 0 Å². The number of aromatic nitrogens is 2. The number of fused-ring (bicyclic) bond motifs is 1. The first-order chi connectivity index (χ1) is 8.58. The lowest BCUT2D eigenvalue weighted by atomic mass is 9.99. The third kappa shape index (κ3) is 1.53. The fourth-order valence-corrected chi connectivity index (χ4v) is 2.89. The van der Waals surface area contributed by atoms with Crippen LogP contribution < -0.4 is 5.73 Å². The normalized spacial score (nSPS) is 11.3. The number of anilines is 1. The van der Waals surface area contributed by atoms with E-state index < -0.39 is 0 Å². The lowest BCUT2D eigenvalue weighted by molar-refractivity contribution is 1.28. The second-order valence-electron chi connectivity index (χ2n) is 4.64. The van der Waals surface area contributed by atoms with Crippen LogP contribution in [0.3, 0.4) is 0 Å². The second-order valence-corrected chi connectivity index (χ2v) is 5.53. The van der Waals surface area contributed by atoms with E-state index in [2.05, 4.69) is 36.8 Å². The van der Waals surface area contributed by atoms with Gasteiger partial charge in [0.05, 0.1) is 5.69 Å². The van der Waals surface area contributed by atoms with Crippen LogP contribution in [0.15, 0.2) is 17.6 Å². The third-order valence-electron chi connectivity index (χ3n) is 3.61. The van der Waals surface area contributed by atoms with Crippen molar-refractivity contribution >= 4 is 27.4 Å². The highest BCUT2D eigenvalue weighted by Gasteiger charge is 2.12. The number of thiazole rings is 1. The standard InChI is InChI=1S/C14H15N3S/c1-7-4-10-11(12-6-18-14(15)17-12)5-16-13(10)9(3)8(7)2/h4-6,16H,1-3H3,(H2,15,17). The Kier molecular flexibility index (Phi) is 2.41. The predicted octanol–water partition coefficient (Wildman–Crippen LogP) is 3.80. The number of rotatable bonds is 1. The highest BCUT2D eigenvalue weighted by Crippen LogP contribution is 2.33. The molecular formula is C14H15N3S. The first-order valence-corrected chi connectivity index (χ1v) is 6.75. The van der Waals surface area contributed by atoms with Gasteiger partial charge in [0.2, 0.25) is 0 Å². The van der Waals surface area contributed by atoms with Crippen LogP contribution in [0.1, 0.15) is 16.7 Å². The maximum absolute atomic E-state index is 5.71. The molecule has 0 bridgehead atoms. The molecule has 4 heteroatoms. The van der Waals surface area contributed by atoms with Gasteiger partial charge in [-0.05, 0) is 43.5 Å². The number of hydrogen-bond acceptors (Lipinski definition) is 3. The van der Waals surface area contributed by atoms with E-state index in [1.807, 2.05) is 11.6 Å². The van der Waals surface area contributed by atoms with E-state index >= 15 is 0 Å². The molecule has 0 spiro atoms. The summed E-state index contributed by atoms with van der Waals surface area (Å²) in [7, 11) is 0. The fraction of sp³-hybridized carbons (Fsp3) is 0.214. The van der Waals surface area contributed by atoms with Crippen molar-refractivity contribution in [2.75, 3.05) is 5.73 Å². The lowest BCUT2D eigenvalue weighted by Crippen LogP contribution is -1.88. The van der Waals surface area contributed by atoms with E-state index in [0.29, 0.717) is 5.13 Å². The summed E-state index contributed by atoms with van der Waals surface area (Å²) in [5.41, 5.74) is 12.9. The number of nitrogens with zero attached hydrogens (tertiary/aromatic N) is 1. The second kappa shape index (κ2) is 3.85. The first-order valence-electron chi connectivity index (χ1n) is 5.87. The van der Waals surface area contributed by atoms with Crippen molar-refractivity contribution in [1.29, 1.82) is 0 Å². The molecule has 0 saturated carbocycles. The van der Waals surface area contributed by atoms with Crippen molar-refractivity contribution in [2.24, 2.45) is 0 Å². The van der Waals surface area contributed by atoms with Gasteiger partial charge in [-0.15, -0.1) is 11.3 Å². The van der Waals surface area contributed by atoms with Gasteiger partial charge in [-0.2, -0.15) is 0 Å². The third-order valence-corrected chi connectivity index (χ3v) is 4.28. The van der Waals surface area contributed by atoms with Crippen molar-refractivity contribution in [1.82, 2.24) is 9.97 Å². The van der Waals surface area contributed by atoms with Gasteiger partial charge >= 0.3 is 0 Å². The molecular weight excluding hydrogens is 242 g/mol. The Morgan fingerprint density at radius 3 is 2.67 bits per heavy atom. The van der Waals surface area contributed by atoms with Gasteiger partial charge in [0.15, 0.2) is 5.13 Å². The first kappa shape index (κ1) is 11.3. The highest BCUT2D eigenvalue weighted by molar-refractivity contribution is 7.13. The van der Waals surface area contributed by atoms with Crippen LogP contribution in [0.4, 0.5) is 5.13 Å². The smallest absolute Gasteiger partial charge is 0.180 e. The molecule has 0 atom stereocenters. The largest absolute Gasteiger partial charge is 0.375 e. The zero-order valence-corrected chi connectivity index (χ0v) is 11.5. The number of aryl methyl sites for hydroxylation is 2. The van der Waals surface area contributed by atoms with E-state index in [1.54, 1.807) is 0 Å². The summed E-state index contributed by atoms with van der Waals surface area (Å²) < 4.78 is 0. The maximum atomic E-state index is 5.71. The monoisotopic (exact) mass is 257 g/mol. The van der Waals surface area contributed by atoms with E-state index in [0.717, 1.165) is 11.3 Å². The van der Waals surface area contributed by atoms with Crippen LogP contribution in [0, 0.1) is 20.8 Å². The van der Waals surface area contributed by atoms with E-state index in [4.69, 9.17) is 5.73 Å². The minimum atomic E-state index is 0.611. The molecule has 0 radical (unpaired) electrons. The summed E-state index contributed by atoms with van der Waals surface area (Å²) >= 11 is 1.48. The van der Waals surface area contributed by atoms with Crippen LogP contribution in [-0.2, 0) is 0 Å². The predicted molar refractivity (Wildman–Crippen MR) is 78.0 cm³/mol. The zero-order valence-electron chi connectivity index (χ0n) is 10.7. The lowest BCUT2D eigenvalue weighted by Gasteiger charge is -2.06. The topological polar surface area (TPSA) is 54.7 Å². The molecule has 92 valence electrons. The fourth-order valence-electron chi connectivity index (χ4n) is 2.33. The van der Waals surface area contributed by atoms with Crippen molar-refractivity contribution in [3.05, 3.63) is 34.3 Å². The number of aromatic amines is 1. The number of H-pyrrole nitrogens is 1. The van der Waals surface area contributed by atoms with Gasteiger partial charge < -0.3 is 10.7 Å². The molecule has 3 N–H and O–H groups in total. The van der Waals surface area contributed by atoms with Gasteiger partial charge in [0, 0.05) is 28.0 Å². The van der Waals surface area contributed by atoms with Crippen LogP contribution in [0.25, 0.3) is 22.2 Å². The molecule has 18 heavy (non-hydrogen) atoms. The van der Waals surface area contributed by atoms with Crippen LogP contribution in [-0.4, -0.2) is 9.97 Å². The van der Waals surface area contributed by atoms with Gasteiger partial charge in [-0.1, -0.05) is 0 Å². The van der Waals surface area contributed by atoms with Crippen LogP contribution >= 0.6 is 11.3 Å². The van der Waals surface area contributed by atoms with Gasteiger partial charge in [0.1, 0.15) is 0 Å². The summed E-state index contributed by atoms with van der Waals surface area (Å²) in [5, 5.41) is 3.84. The quantitative estimate of drug-likeness (QED) is 0.696. The average molecular weight is 257 g/mol. The van der Waals surface area contributed by atoms with Crippen LogP contribution in [0.2, 0.25) is 0 Å². The molecule has 1 aromatic carbocycles. The summed E-state index contributed by atoms with van der Waals surface area (Å²) in [6, 6.07) is 2.22. The Hall–Kier alpha value is -1.81. The summed E-state index contributed by atoms with van der Waals surface area (Å²) in [5.74, 6) is 0. The molecule has 0 saturated heterocycles. The Balaban J connectivity index is 2.33. The summed E-state index contributed by atoms with van der Waals surface area (Å²) in [6.07, 6.45) is 2.02. The molecule has 0 aliphatic rings. The SMILES string of the molecule is Cc1cc2c(-c3csc(N)n3)c[nH]c2c(C)c1C. The number of nitrogens with two attached hydrogens (primary N) is 1. The number of benzene rings is 1. The molecule has 0 amide bonds. The minimum Gasteiger partial charge on any atom is -0.375 e. The molecule has 0 aliphatic carbocycles. The highest BCUT2D eigenvalue weighted by atomic mass is 32.1. The van der Waals surface area contributed by atoms with Gasteiger partial charge in [-0.25, -0.2) is 4.98 Å². The van der Waals surface area contributed by atoms with E-state index in [-0.39, 0.29) is 0 Å². The number of nitrogen functional groups attached to an aromatic ring is 1. The Morgan fingerprint density at radius 1 is 1.22 bits per heavy atom. The molecule has 2 heterocycles. The average Bonchev–Trinajstić information content (AvgIpc) is 2.92. The van der Waals surface area contributed by atoms with Gasteiger partial charge in [0.25, 0.3) is 0 Å². The summed E-state index contributed by atoms with van der Waals surface area (Å²) in [4.78, 5) is 7.72. The molecule has 0 fully saturated rings. The maximum Gasteiger partial charge on any atom is 0.180 e. The molecule has 0 unspecified atom stereocenters. The minimum absolute atomic E-state index is 0.611. The summed E-state index contributed by atoms with van der Waals surface area (Å²) in [6.45, 7) is 6.46. The van der Waals surface area contributed by atoms with Crippen molar-refractivity contribution in [3.8, 4) is 11.3 Å². The molecule has 3 aromatic rings. The Bertz CT molecular complexity index is 737. The number of hydrogen-bond donors (Lipinski definition) is 2. The molecule has 3 rings (SSSR count). The van der Waals surface area contributed by atoms with Gasteiger partial charge in [-0.3, -0.25) is 0 Å². The van der Waals surface area contributed by atoms with E-state index in [9.17, 15) is 0 Å². The van der Waals surface area contributed by atoms with Crippen molar-refractivity contribution in [2.45, 2.75) is 20.8 Å². The number of nitrogens with one attached hydrogen (secondary N) is 1. The zero-order chi connectivity index (χ0) is 12.9. The van der Waals surface area contributed by atoms with Crippen LogP contribution in [0.5, 0.6) is 0 Å². The Morgan fingerprint density at radius 2 is 2.00 bits per heavy atom. The molecule has 0 aliphatic heterocycles. The Labute approximate surface area is 110 Å². The molecule has 3 nitrogen and oxygen atoms in total. The van der Waals surface area contributed by atoms with Crippen molar-refractivity contribution < 1.29 is 0 Å².